The number of allylic oxidation sites excluding steroid dienone is 4. The lowest BCUT2D eigenvalue weighted by molar-refractivity contribution is 1.07. The van der Waals surface area contributed by atoms with E-state index in [4.69, 9.17) is 9.97 Å². The van der Waals surface area contributed by atoms with Crippen molar-refractivity contribution < 1.29 is 0 Å². The highest BCUT2D eigenvalue weighted by atomic mass is 32.2. The number of rotatable bonds is 8. The maximum atomic E-state index is 5.06. The van der Waals surface area contributed by atoms with Crippen molar-refractivity contribution in [1.82, 2.24) is 9.97 Å². The van der Waals surface area contributed by atoms with Crippen LogP contribution in [-0.4, -0.2) is 9.97 Å². The molecule has 0 saturated heterocycles. The maximum Gasteiger partial charge on any atom is 0.124 e. The highest BCUT2D eigenvalue weighted by Crippen LogP contribution is 2.51. The van der Waals surface area contributed by atoms with Crippen LogP contribution in [0.3, 0.4) is 0 Å². The fraction of sp³-hybridized carbons (Fsp3) is 0.0513. The number of benzene rings is 13. The molecule has 0 saturated carbocycles. The molecule has 2 aromatic heterocycles. The van der Waals surface area contributed by atoms with E-state index in [-0.39, 0.29) is 10.7 Å². The number of nitrogens with one attached hydrogen (secondary N) is 2. The average Bonchev–Trinajstić information content (AvgIpc) is 1.08. The summed E-state index contributed by atoms with van der Waals surface area (Å²) in [5, 5.41) is 22.5. The minimum atomic E-state index is 0.168. The first-order chi connectivity index (χ1) is 42.5. The molecule has 0 spiro atoms. The first kappa shape index (κ1) is 50.1. The molecule has 2 atom stereocenters. The molecule has 15 aromatic rings. The quantitative estimate of drug-likeness (QED) is 0.148. The third-order valence-corrected chi connectivity index (χ3v) is 22.4. The van der Waals surface area contributed by atoms with Crippen molar-refractivity contribution in [3.05, 3.63) is 277 Å². The molecular weight excluding hydrogens is 1120 g/mol. The third kappa shape index (κ3) is 8.49. The molecule has 1 aliphatic carbocycles. The van der Waals surface area contributed by atoms with Crippen LogP contribution in [-0.2, 0) is 0 Å². The summed E-state index contributed by atoms with van der Waals surface area (Å²) in [6.07, 6.45) is 6.56. The van der Waals surface area contributed by atoms with Gasteiger partial charge in [0.2, 0.25) is 0 Å². The Labute approximate surface area is 513 Å². The van der Waals surface area contributed by atoms with Gasteiger partial charge in [0.05, 0.1) is 20.4 Å². The lowest BCUT2D eigenvalue weighted by Crippen LogP contribution is -2.00. The molecule has 406 valence electrons. The van der Waals surface area contributed by atoms with Gasteiger partial charge in [-0.3, -0.25) is 0 Å². The fourth-order valence-corrected chi connectivity index (χ4v) is 17.6. The van der Waals surface area contributed by atoms with Gasteiger partial charge >= 0.3 is 0 Å². The molecule has 4 nitrogen and oxygen atoms in total. The Kier molecular flexibility index (Phi) is 11.8. The molecule has 4 heterocycles. The van der Waals surface area contributed by atoms with E-state index in [0.29, 0.717) is 0 Å². The second kappa shape index (κ2) is 20.2. The molecule has 3 aliphatic rings. The number of hydrogen-bond donors (Lipinski definition) is 2. The Balaban J connectivity index is 0.839. The lowest BCUT2D eigenvalue weighted by Gasteiger charge is -2.20. The molecule has 0 fully saturated rings. The molecule has 2 N–H and O–H groups in total. The zero-order valence-electron chi connectivity index (χ0n) is 46.3. The number of nitrogens with zero attached hydrogens (tertiary/aromatic N) is 2. The standard InChI is InChI=1S/C78H50N4S4/c1-5-13-69-65(9-1)79-75(83-69)49-25-17-45(18-26-49)53-33-37-57-58-38-34-55(47-21-29-51(30-22-47)77-81-67-11-3-7-15-71(67)85-77)43-63(58)74-64-44-56(48-23-31-52(32-24-48)78-82-68-12-4-8-16-72(68)86-78)36-40-60(64)59-39-35-54(42-62(59)73(74)61(57)41-53)46-19-27-50(28-20-46)76-80-66-10-2-6-14-70(66)84-76/h1-23,25-31,33-44,75-76,79-80H,24,32H2. The van der Waals surface area contributed by atoms with Gasteiger partial charge in [-0.25, -0.2) is 9.97 Å². The molecule has 2 aliphatic heterocycles. The first-order valence-electron chi connectivity index (χ1n) is 29.3. The van der Waals surface area contributed by atoms with Crippen molar-refractivity contribution in [2.75, 3.05) is 10.6 Å². The van der Waals surface area contributed by atoms with Crippen molar-refractivity contribution in [2.24, 2.45) is 0 Å². The van der Waals surface area contributed by atoms with Gasteiger partial charge in [-0.05, 0) is 201 Å². The highest BCUT2D eigenvalue weighted by Gasteiger charge is 2.26. The number of thiazole rings is 2. The summed E-state index contributed by atoms with van der Waals surface area (Å²) in [5.41, 5.74) is 19.2. The fourth-order valence-electron chi connectivity index (χ4n) is 13.4. The van der Waals surface area contributed by atoms with Crippen LogP contribution in [0.2, 0.25) is 0 Å². The van der Waals surface area contributed by atoms with Gasteiger partial charge in [-0.15, -0.1) is 22.7 Å². The molecule has 0 bridgehead atoms. The number of aromatic nitrogens is 2. The summed E-state index contributed by atoms with van der Waals surface area (Å²) < 4.78 is 2.44. The van der Waals surface area contributed by atoms with Crippen LogP contribution in [0.4, 0.5) is 11.4 Å². The Hall–Kier alpha value is -9.28. The maximum absolute atomic E-state index is 5.06. The smallest absolute Gasteiger partial charge is 0.124 e. The summed E-state index contributed by atoms with van der Waals surface area (Å²) in [6.45, 7) is 0. The van der Waals surface area contributed by atoms with Gasteiger partial charge < -0.3 is 10.6 Å². The largest absolute Gasteiger partial charge is 0.368 e. The van der Waals surface area contributed by atoms with Crippen LogP contribution < -0.4 is 10.6 Å². The van der Waals surface area contributed by atoms with Crippen LogP contribution in [0.15, 0.2) is 265 Å². The van der Waals surface area contributed by atoms with Gasteiger partial charge in [0.15, 0.2) is 0 Å². The van der Waals surface area contributed by atoms with Crippen molar-refractivity contribution in [3.63, 3.8) is 0 Å². The number of para-hydroxylation sites is 4. The Morgan fingerprint density at radius 2 is 0.686 bits per heavy atom. The van der Waals surface area contributed by atoms with Crippen LogP contribution in [0, 0.1) is 0 Å². The van der Waals surface area contributed by atoms with Gasteiger partial charge in [0.25, 0.3) is 0 Å². The third-order valence-electron chi connectivity index (χ3n) is 17.8. The van der Waals surface area contributed by atoms with Crippen molar-refractivity contribution in [2.45, 2.75) is 33.4 Å². The van der Waals surface area contributed by atoms with E-state index < -0.39 is 0 Å². The zero-order chi connectivity index (χ0) is 56.4. The van der Waals surface area contributed by atoms with Gasteiger partial charge in [0.1, 0.15) is 20.8 Å². The van der Waals surface area contributed by atoms with Gasteiger partial charge in [-0.1, -0.05) is 206 Å². The SMILES string of the molecule is C1=C(c2ccc3c4ccc(-c5ccc(C6Nc7ccccc7S6)cc5)cc4c4c5cc(-c6ccc(C7Nc8ccccc8S7)cc6)ccc5c5ccc(-c6ccc(-c7nc8ccccc8s7)cc6)cc5c4c3c2)CCC(c2nc3ccccc3s2)=C1. The monoisotopic (exact) mass is 1170 g/mol. The molecule has 0 amide bonds. The van der Waals surface area contributed by atoms with Crippen LogP contribution in [0.25, 0.3) is 129 Å². The number of thioether (sulfide) groups is 2. The second-order valence-electron chi connectivity index (χ2n) is 22.7. The van der Waals surface area contributed by atoms with E-state index in [1.807, 2.05) is 23.5 Å². The van der Waals surface area contributed by atoms with E-state index in [1.54, 1.807) is 22.7 Å². The average molecular weight is 1170 g/mol. The van der Waals surface area contributed by atoms with Crippen molar-refractivity contribution in [3.8, 4) is 44.0 Å². The van der Waals surface area contributed by atoms with E-state index >= 15 is 0 Å². The summed E-state index contributed by atoms with van der Waals surface area (Å²) in [5.74, 6) is 0. The predicted molar refractivity (Wildman–Crippen MR) is 371 cm³/mol. The number of anilines is 2. The molecule has 8 heteroatoms. The van der Waals surface area contributed by atoms with E-state index in [0.717, 1.165) is 39.5 Å². The van der Waals surface area contributed by atoms with E-state index in [9.17, 15) is 0 Å². The molecule has 0 radical (unpaired) electrons. The second-order valence-corrected chi connectivity index (χ2v) is 27.1. The van der Waals surface area contributed by atoms with Crippen molar-refractivity contribution in [1.29, 1.82) is 0 Å². The highest BCUT2D eigenvalue weighted by molar-refractivity contribution is 8.00. The van der Waals surface area contributed by atoms with Gasteiger partial charge in [0, 0.05) is 26.7 Å². The predicted octanol–water partition coefficient (Wildman–Crippen LogP) is 23.0. The summed E-state index contributed by atoms with van der Waals surface area (Å²) >= 11 is 7.31. The Morgan fingerprint density at radius 1 is 0.314 bits per heavy atom. The van der Waals surface area contributed by atoms with E-state index in [1.165, 1.54) is 146 Å². The van der Waals surface area contributed by atoms with Gasteiger partial charge in [-0.2, -0.15) is 0 Å². The Bertz CT molecular complexity index is 5130. The zero-order valence-corrected chi connectivity index (χ0v) is 49.6. The molecule has 2 unspecified atom stereocenters. The van der Waals surface area contributed by atoms with E-state index in [2.05, 4.69) is 265 Å². The normalized spacial score (nSPS) is 15.6. The number of hydrogen-bond acceptors (Lipinski definition) is 8. The van der Waals surface area contributed by atoms with Crippen LogP contribution in [0.1, 0.15) is 45.3 Å². The summed E-state index contributed by atoms with van der Waals surface area (Å²) in [7, 11) is 0. The van der Waals surface area contributed by atoms with Crippen LogP contribution in [0.5, 0.6) is 0 Å². The minimum Gasteiger partial charge on any atom is -0.368 e. The topological polar surface area (TPSA) is 49.8 Å². The molecule has 86 heavy (non-hydrogen) atoms. The molecular formula is C78H50N4S4. The number of fused-ring (bicyclic) bond motifs is 15. The Morgan fingerprint density at radius 3 is 1.15 bits per heavy atom. The first-order valence-corrected chi connectivity index (χ1v) is 32.7. The molecule has 18 rings (SSSR count). The molecule has 13 aromatic carbocycles. The van der Waals surface area contributed by atoms with Crippen LogP contribution >= 0.6 is 46.2 Å². The van der Waals surface area contributed by atoms with Crippen molar-refractivity contribution >= 4 is 143 Å². The minimum absolute atomic E-state index is 0.168. The lowest BCUT2D eigenvalue weighted by atomic mass is 9.83. The summed E-state index contributed by atoms with van der Waals surface area (Å²) in [4.78, 5) is 12.7. The summed E-state index contributed by atoms with van der Waals surface area (Å²) in [6, 6.07) is 90.6.